The van der Waals surface area contributed by atoms with Crippen molar-refractivity contribution in [2.45, 2.75) is 25.8 Å². The van der Waals surface area contributed by atoms with Crippen LogP contribution in [0.15, 0.2) is 18.2 Å². The van der Waals surface area contributed by atoms with Gasteiger partial charge in [0.15, 0.2) is 0 Å². The van der Waals surface area contributed by atoms with E-state index < -0.39 is 0 Å². The summed E-state index contributed by atoms with van der Waals surface area (Å²) in [6.45, 7) is 2.56. The fourth-order valence-corrected chi connectivity index (χ4v) is 2.76. The van der Waals surface area contributed by atoms with Gasteiger partial charge in [-0.05, 0) is 37.5 Å². The van der Waals surface area contributed by atoms with E-state index in [0.29, 0.717) is 17.3 Å². The normalized spacial score (nSPS) is 22.9. The molecule has 94 valence electrons. The standard InChI is InChI=1S/C13H13ClN2O2/c1-8-4-5-9(7-10(8)14)16-12(17)11-3-2-6-15(11)13(16)18/h4-5,7,11H,2-3,6H2,1H3. The Morgan fingerprint density at radius 3 is 2.78 bits per heavy atom. The van der Waals surface area contributed by atoms with E-state index in [0.717, 1.165) is 18.4 Å². The molecule has 1 atom stereocenters. The molecule has 0 aromatic heterocycles. The summed E-state index contributed by atoms with van der Waals surface area (Å²) in [7, 11) is 0. The summed E-state index contributed by atoms with van der Waals surface area (Å²) in [5.74, 6) is -0.127. The van der Waals surface area contributed by atoms with E-state index in [1.807, 2.05) is 13.0 Å². The van der Waals surface area contributed by atoms with Gasteiger partial charge in [0.1, 0.15) is 6.04 Å². The third-order valence-corrected chi connectivity index (χ3v) is 4.02. The van der Waals surface area contributed by atoms with Gasteiger partial charge in [-0.3, -0.25) is 4.79 Å². The van der Waals surface area contributed by atoms with Crippen molar-refractivity contribution in [3.05, 3.63) is 28.8 Å². The second kappa shape index (κ2) is 3.99. The van der Waals surface area contributed by atoms with Crippen LogP contribution in [-0.4, -0.2) is 29.4 Å². The second-order valence-electron chi connectivity index (χ2n) is 4.74. The van der Waals surface area contributed by atoms with Crippen LogP contribution < -0.4 is 4.90 Å². The zero-order valence-electron chi connectivity index (χ0n) is 10.0. The maximum Gasteiger partial charge on any atom is 0.332 e. The third kappa shape index (κ3) is 1.52. The lowest BCUT2D eigenvalue weighted by molar-refractivity contribution is -0.119. The molecule has 2 heterocycles. The van der Waals surface area contributed by atoms with Crippen LogP contribution in [0.1, 0.15) is 18.4 Å². The van der Waals surface area contributed by atoms with E-state index in [1.165, 1.54) is 4.90 Å². The van der Waals surface area contributed by atoms with Crippen molar-refractivity contribution in [2.75, 3.05) is 11.4 Å². The van der Waals surface area contributed by atoms with Crippen molar-refractivity contribution in [2.24, 2.45) is 0 Å². The van der Waals surface area contributed by atoms with Gasteiger partial charge in [-0.2, -0.15) is 0 Å². The molecule has 5 heteroatoms. The molecule has 0 bridgehead atoms. The molecule has 1 aromatic carbocycles. The highest BCUT2D eigenvalue weighted by molar-refractivity contribution is 6.32. The number of nitrogens with zero attached hydrogens (tertiary/aromatic N) is 2. The predicted octanol–water partition coefficient (Wildman–Crippen LogP) is 2.58. The number of imide groups is 1. The molecular weight excluding hydrogens is 252 g/mol. The summed E-state index contributed by atoms with van der Waals surface area (Å²) in [6, 6.07) is 4.77. The Morgan fingerprint density at radius 2 is 2.11 bits per heavy atom. The van der Waals surface area contributed by atoms with E-state index >= 15 is 0 Å². The molecule has 1 aromatic rings. The number of anilines is 1. The molecule has 2 fully saturated rings. The summed E-state index contributed by atoms with van der Waals surface area (Å²) in [5, 5.41) is 0.570. The van der Waals surface area contributed by atoms with Crippen molar-refractivity contribution in [3.63, 3.8) is 0 Å². The third-order valence-electron chi connectivity index (χ3n) is 3.61. The van der Waals surface area contributed by atoms with Crippen LogP contribution in [0.5, 0.6) is 0 Å². The van der Waals surface area contributed by atoms with Crippen molar-refractivity contribution >= 4 is 29.2 Å². The van der Waals surface area contributed by atoms with Gasteiger partial charge in [0.05, 0.1) is 5.69 Å². The maximum atomic E-state index is 12.2. The minimum absolute atomic E-state index is 0.127. The van der Waals surface area contributed by atoms with Crippen molar-refractivity contribution < 1.29 is 9.59 Å². The Bertz CT molecular complexity index is 522. The Hall–Kier alpha value is -1.55. The number of carbonyl (C=O) groups is 2. The molecule has 0 spiro atoms. The largest absolute Gasteiger partial charge is 0.332 e. The molecule has 18 heavy (non-hydrogen) atoms. The Morgan fingerprint density at radius 1 is 1.33 bits per heavy atom. The van der Waals surface area contributed by atoms with Crippen LogP contribution in [0.2, 0.25) is 5.02 Å². The lowest BCUT2D eigenvalue weighted by atomic mass is 10.2. The number of halogens is 1. The van der Waals surface area contributed by atoms with Crippen LogP contribution in [-0.2, 0) is 4.79 Å². The van der Waals surface area contributed by atoms with Gasteiger partial charge < -0.3 is 4.90 Å². The average Bonchev–Trinajstić information content (AvgIpc) is 2.89. The molecule has 0 aliphatic carbocycles. The number of hydrogen-bond acceptors (Lipinski definition) is 2. The maximum absolute atomic E-state index is 12.2. The van der Waals surface area contributed by atoms with Crippen LogP contribution >= 0.6 is 11.6 Å². The first-order chi connectivity index (χ1) is 8.59. The van der Waals surface area contributed by atoms with Crippen molar-refractivity contribution in [1.82, 2.24) is 4.90 Å². The topological polar surface area (TPSA) is 40.6 Å². The molecule has 0 N–H and O–H groups in total. The quantitative estimate of drug-likeness (QED) is 0.732. The zero-order valence-corrected chi connectivity index (χ0v) is 10.8. The smallest absolute Gasteiger partial charge is 0.312 e. The summed E-state index contributed by atoms with van der Waals surface area (Å²) in [5.41, 5.74) is 1.50. The second-order valence-corrected chi connectivity index (χ2v) is 5.15. The number of aryl methyl sites for hydroxylation is 1. The van der Waals surface area contributed by atoms with Gasteiger partial charge >= 0.3 is 6.03 Å². The minimum Gasteiger partial charge on any atom is -0.312 e. The van der Waals surface area contributed by atoms with E-state index in [9.17, 15) is 9.59 Å². The van der Waals surface area contributed by atoms with Gasteiger partial charge in [-0.25, -0.2) is 9.69 Å². The first kappa shape index (κ1) is 11.5. The first-order valence-electron chi connectivity index (χ1n) is 6.00. The fraction of sp³-hybridized carbons (Fsp3) is 0.385. The molecule has 2 aliphatic heterocycles. The molecule has 2 aliphatic rings. The van der Waals surface area contributed by atoms with Crippen LogP contribution in [0.4, 0.5) is 10.5 Å². The number of hydrogen-bond donors (Lipinski definition) is 0. The number of carbonyl (C=O) groups excluding carboxylic acids is 2. The van der Waals surface area contributed by atoms with E-state index in [1.54, 1.807) is 17.0 Å². The van der Waals surface area contributed by atoms with Crippen LogP contribution in [0.25, 0.3) is 0 Å². The van der Waals surface area contributed by atoms with Gasteiger partial charge in [0, 0.05) is 11.6 Å². The van der Waals surface area contributed by atoms with Gasteiger partial charge in [-0.15, -0.1) is 0 Å². The summed E-state index contributed by atoms with van der Waals surface area (Å²) in [4.78, 5) is 27.3. The number of urea groups is 1. The highest BCUT2D eigenvalue weighted by Crippen LogP contribution is 2.32. The summed E-state index contributed by atoms with van der Waals surface area (Å²) >= 11 is 6.05. The number of benzene rings is 1. The molecule has 3 rings (SSSR count). The summed E-state index contributed by atoms with van der Waals surface area (Å²) in [6.07, 6.45) is 1.67. The fourth-order valence-electron chi connectivity index (χ4n) is 2.58. The average molecular weight is 265 g/mol. The Labute approximate surface area is 110 Å². The van der Waals surface area contributed by atoms with E-state index in [2.05, 4.69) is 0 Å². The van der Waals surface area contributed by atoms with Gasteiger partial charge in [0.2, 0.25) is 0 Å². The summed E-state index contributed by atoms with van der Waals surface area (Å²) < 4.78 is 0. The van der Waals surface area contributed by atoms with Gasteiger partial charge in [0.25, 0.3) is 5.91 Å². The monoisotopic (exact) mass is 264 g/mol. The first-order valence-corrected chi connectivity index (χ1v) is 6.38. The predicted molar refractivity (Wildman–Crippen MR) is 68.8 cm³/mol. The van der Waals surface area contributed by atoms with E-state index in [-0.39, 0.29) is 18.0 Å². The Kier molecular flexibility index (Phi) is 2.55. The number of fused-ring (bicyclic) bond motifs is 1. The zero-order chi connectivity index (χ0) is 12.9. The molecule has 0 saturated carbocycles. The lowest BCUT2D eigenvalue weighted by Gasteiger charge is -2.16. The number of amides is 3. The number of rotatable bonds is 1. The highest BCUT2D eigenvalue weighted by atomic mass is 35.5. The molecule has 3 amide bonds. The molecule has 0 radical (unpaired) electrons. The van der Waals surface area contributed by atoms with Crippen molar-refractivity contribution in [3.8, 4) is 0 Å². The molecule has 4 nitrogen and oxygen atoms in total. The molecule has 1 unspecified atom stereocenters. The van der Waals surface area contributed by atoms with E-state index in [4.69, 9.17) is 11.6 Å². The minimum atomic E-state index is -0.266. The van der Waals surface area contributed by atoms with Gasteiger partial charge in [-0.1, -0.05) is 17.7 Å². The van der Waals surface area contributed by atoms with Crippen LogP contribution in [0, 0.1) is 6.92 Å². The highest BCUT2D eigenvalue weighted by Gasteiger charge is 2.47. The molecule has 2 saturated heterocycles. The SMILES string of the molecule is Cc1ccc(N2C(=O)C3CCCN3C2=O)cc1Cl. The Balaban J connectivity index is 1.99. The molecular formula is C13H13ClN2O2. The van der Waals surface area contributed by atoms with Crippen LogP contribution in [0.3, 0.4) is 0 Å². The lowest BCUT2D eigenvalue weighted by Crippen LogP contribution is -2.33. The van der Waals surface area contributed by atoms with Crippen molar-refractivity contribution in [1.29, 1.82) is 0 Å².